The van der Waals surface area contributed by atoms with Gasteiger partial charge in [0.25, 0.3) is 10.1 Å². The fourth-order valence-corrected chi connectivity index (χ4v) is 3.82. The molecule has 0 radical (unpaired) electrons. The minimum atomic E-state index is -4.11. The van der Waals surface area contributed by atoms with Crippen molar-refractivity contribution in [3.8, 4) is 0 Å². The van der Waals surface area contributed by atoms with E-state index in [2.05, 4.69) is 41.5 Å². The Balaban J connectivity index is 2.87. The van der Waals surface area contributed by atoms with E-state index in [4.69, 9.17) is 4.55 Å². The fraction of sp³-hybridized carbons (Fsp3) is 0.667. The Bertz CT molecular complexity index is 571. The first-order valence-corrected chi connectivity index (χ1v) is 9.45. The summed E-state index contributed by atoms with van der Waals surface area (Å²) >= 11 is 0. The largest absolute Gasteiger partial charge is 0.294 e. The summed E-state index contributed by atoms with van der Waals surface area (Å²) < 4.78 is 31.3. The van der Waals surface area contributed by atoms with Gasteiger partial charge in [0.15, 0.2) is 0 Å². The van der Waals surface area contributed by atoms with Crippen LogP contribution in [0.5, 0.6) is 0 Å². The summed E-state index contributed by atoms with van der Waals surface area (Å²) in [6.07, 6.45) is 2.35. The molecule has 4 heteroatoms. The summed E-state index contributed by atoms with van der Waals surface area (Å²) in [5.41, 5.74) is 1.24. The van der Waals surface area contributed by atoms with Crippen LogP contribution >= 0.6 is 0 Å². The smallest absolute Gasteiger partial charge is 0.282 e. The topological polar surface area (TPSA) is 54.4 Å². The Morgan fingerprint density at radius 2 is 1.55 bits per heavy atom. The van der Waals surface area contributed by atoms with Crippen molar-refractivity contribution in [1.82, 2.24) is 0 Å². The first-order chi connectivity index (χ1) is 9.93. The van der Waals surface area contributed by atoms with Gasteiger partial charge in [0.2, 0.25) is 0 Å². The minimum absolute atomic E-state index is 0.0468. The predicted octanol–water partition coefficient (Wildman–Crippen LogP) is 5.14. The lowest BCUT2D eigenvalue weighted by Crippen LogP contribution is -2.23. The molecule has 1 N–H and O–H groups in total. The Hall–Kier alpha value is -0.870. The molecule has 0 aliphatic heterocycles. The lowest BCUT2D eigenvalue weighted by molar-refractivity contribution is 0.216. The number of rotatable bonds is 7. The van der Waals surface area contributed by atoms with Gasteiger partial charge in [-0.2, -0.15) is 8.42 Å². The van der Waals surface area contributed by atoms with Crippen LogP contribution in [0.25, 0.3) is 0 Å². The maximum Gasteiger partial charge on any atom is 0.294 e. The zero-order valence-corrected chi connectivity index (χ0v) is 15.4. The van der Waals surface area contributed by atoms with E-state index in [0.29, 0.717) is 17.8 Å². The van der Waals surface area contributed by atoms with E-state index in [1.807, 2.05) is 12.1 Å². The Labute approximate surface area is 135 Å². The standard InChI is InChI=1S/C18H30O3S/c1-13(2)11-14(3)12-18(5,6)15(4)16-7-9-17(10-8-16)22(19,20)21/h7-10,13-15H,11-12H2,1-6H3,(H,19,20,21). The van der Waals surface area contributed by atoms with Crippen LogP contribution in [0.15, 0.2) is 29.2 Å². The molecule has 22 heavy (non-hydrogen) atoms. The van der Waals surface area contributed by atoms with Gasteiger partial charge in [-0.1, -0.05) is 53.7 Å². The SMILES string of the molecule is CC(C)CC(C)CC(C)(C)C(C)c1ccc(S(=O)(=O)O)cc1. The monoisotopic (exact) mass is 326 g/mol. The summed E-state index contributed by atoms with van der Waals surface area (Å²) in [5.74, 6) is 1.68. The highest BCUT2D eigenvalue weighted by Crippen LogP contribution is 2.41. The molecular weight excluding hydrogens is 296 g/mol. The van der Waals surface area contributed by atoms with E-state index in [9.17, 15) is 8.42 Å². The molecule has 3 nitrogen and oxygen atoms in total. The van der Waals surface area contributed by atoms with E-state index in [-0.39, 0.29) is 10.3 Å². The third-order valence-electron chi connectivity index (χ3n) is 4.60. The summed E-state index contributed by atoms with van der Waals surface area (Å²) in [7, 11) is -4.11. The molecule has 0 saturated carbocycles. The molecule has 0 bridgehead atoms. The van der Waals surface area contributed by atoms with Crippen LogP contribution in [0, 0.1) is 17.3 Å². The summed E-state index contributed by atoms with van der Waals surface area (Å²) in [6, 6.07) is 6.58. The Kier molecular flexibility index (Phi) is 6.22. The van der Waals surface area contributed by atoms with Gasteiger partial charge in [-0.25, -0.2) is 0 Å². The molecule has 0 aliphatic carbocycles. The molecule has 0 aliphatic rings. The predicted molar refractivity (Wildman–Crippen MR) is 91.7 cm³/mol. The number of hydrogen-bond acceptors (Lipinski definition) is 2. The van der Waals surface area contributed by atoms with Crippen molar-refractivity contribution in [3.05, 3.63) is 29.8 Å². The third kappa shape index (κ3) is 5.40. The minimum Gasteiger partial charge on any atom is -0.282 e. The first-order valence-electron chi connectivity index (χ1n) is 8.01. The highest BCUT2D eigenvalue weighted by molar-refractivity contribution is 7.85. The maximum absolute atomic E-state index is 11.1. The van der Waals surface area contributed by atoms with Crippen molar-refractivity contribution >= 4 is 10.1 Å². The van der Waals surface area contributed by atoms with Gasteiger partial charge in [-0.15, -0.1) is 0 Å². The molecule has 0 aromatic heterocycles. The normalized spacial score (nSPS) is 15.8. The molecule has 0 amide bonds. The third-order valence-corrected chi connectivity index (χ3v) is 5.47. The second-order valence-corrected chi connectivity index (χ2v) is 9.11. The maximum atomic E-state index is 11.1. The molecule has 0 fully saturated rings. The van der Waals surface area contributed by atoms with Gasteiger partial charge in [0, 0.05) is 0 Å². The van der Waals surface area contributed by atoms with E-state index in [1.54, 1.807) is 0 Å². The molecule has 1 rings (SSSR count). The summed E-state index contributed by atoms with van der Waals surface area (Å²) in [5, 5.41) is 0. The summed E-state index contributed by atoms with van der Waals surface area (Å²) in [6.45, 7) is 13.5. The fourth-order valence-electron chi connectivity index (χ4n) is 3.34. The van der Waals surface area contributed by atoms with Gasteiger partial charge in [0.1, 0.15) is 0 Å². The van der Waals surface area contributed by atoms with Gasteiger partial charge >= 0.3 is 0 Å². The quantitative estimate of drug-likeness (QED) is 0.706. The second kappa shape index (κ2) is 7.14. The molecular formula is C18H30O3S. The van der Waals surface area contributed by atoms with Crippen LogP contribution in [0.4, 0.5) is 0 Å². The van der Waals surface area contributed by atoms with E-state index in [0.717, 1.165) is 12.0 Å². The summed E-state index contributed by atoms with van der Waals surface area (Å²) in [4.78, 5) is -0.0468. The van der Waals surface area contributed by atoms with Crippen LogP contribution in [0.3, 0.4) is 0 Å². The van der Waals surface area contributed by atoms with Crippen molar-refractivity contribution in [2.24, 2.45) is 17.3 Å². The van der Waals surface area contributed by atoms with E-state index in [1.165, 1.54) is 18.6 Å². The van der Waals surface area contributed by atoms with Crippen LogP contribution in [-0.4, -0.2) is 13.0 Å². The molecule has 126 valence electrons. The average Bonchev–Trinajstić information content (AvgIpc) is 2.35. The molecule has 0 heterocycles. The zero-order valence-electron chi connectivity index (χ0n) is 14.6. The lowest BCUT2D eigenvalue weighted by atomic mass is 9.70. The molecule has 2 atom stereocenters. The van der Waals surface area contributed by atoms with Crippen molar-refractivity contribution < 1.29 is 13.0 Å². The van der Waals surface area contributed by atoms with Gasteiger partial charge in [-0.3, -0.25) is 4.55 Å². The first kappa shape index (κ1) is 19.2. The Morgan fingerprint density at radius 3 is 1.95 bits per heavy atom. The molecule has 1 aromatic carbocycles. The van der Waals surface area contributed by atoms with E-state index >= 15 is 0 Å². The van der Waals surface area contributed by atoms with Crippen LogP contribution in [0.2, 0.25) is 0 Å². The van der Waals surface area contributed by atoms with Crippen molar-refractivity contribution in [2.75, 3.05) is 0 Å². The molecule has 1 aromatic rings. The average molecular weight is 327 g/mol. The highest BCUT2D eigenvalue weighted by Gasteiger charge is 2.29. The van der Waals surface area contributed by atoms with E-state index < -0.39 is 10.1 Å². The van der Waals surface area contributed by atoms with Crippen molar-refractivity contribution in [1.29, 1.82) is 0 Å². The Morgan fingerprint density at radius 1 is 1.05 bits per heavy atom. The second-order valence-electron chi connectivity index (χ2n) is 7.69. The van der Waals surface area contributed by atoms with Crippen LogP contribution in [-0.2, 0) is 10.1 Å². The molecule has 0 saturated heterocycles. The molecule has 0 spiro atoms. The van der Waals surface area contributed by atoms with Gasteiger partial charge in [-0.05, 0) is 53.7 Å². The zero-order chi connectivity index (χ0) is 17.1. The number of hydrogen-bond donors (Lipinski definition) is 1. The van der Waals surface area contributed by atoms with Crippen LogP contribution in [0.1, 0.15) is 65.9 Å². The van der Waals surface area contributed by atoms with Gasteiger partial charge < -0.3 is 0 Å². The van der Waals surface area contributed by atoms with Crippen molar-refractivity contribution in [3.63, 3.8) is 0 Å². The van der Waals surface area contributed by atoms with Crippen molar-refractivity contribution in [2.45, 2.75) is 65.2 Å². The highest BCUT2D eigenvalue weighted by atomic mass is 32.2. The number of benzene rings is 1. The van der Waals surface area contributed by atoms with Crippen LogP contribution < -0.4 is 0 Å². The molecule has 2 unspecified atom stereocenters. The lowest BCUT2D eigenvalue weighted by Gasteiger charge is -2.35. The van der Waals surface area contributed by atoms with Gasteiger partial charge in [0.05, 0.1) is 4.90 Å².